The SMILES string of the molecule is CCCCCCCCCCOCCOF. The predicted molar refractivity (Wildman–Crippen MR) is 60.5 cm³/mol. The summed E-state index contributed by atoms with van der Waals surface area (Å²) >= 11 is 0. The molecule has 3 heteroatoms. The molecule has 0 rings (SSSR count). The van der Waals surface area contributed by atoms with E-state index in [0.717, 1.165) is 13.0 Å². The number of rotatable bonds is 12. The van der Waals surface area contributed by atoms with Gasteiger partial charge in [-0.05, 0) is 10.9 Å². The van der Waals surface area contributed by atoms with Crippen LogP contribution in [0, 0.1) is 0 Å². The Morgan fingerprint density at radius 1 is 0.733 bits per heavy atom. The van der Waals surface area contributed by atoms with E-state index in [-0.39, 0.29) is 6.61 Å². The molecule has 0 radical (unpaired) electrons. The first-order chi connectivity index (χ1) is 7.41. The molecule has 2 nitrogen and oxygen atoms in total. The summed E-state index contributed by atoms with van der Waals surface area (Å²) in [7, 11) is 0. The fraction of sp³-hybridized carbons (Fsp3) is 1.00. The molecule has 0 aromatic heterocycles. The van der Waals surface area contributed by atoms with Gasteiger partial charge in [-0.25, -0.2) is 0 Å². The van der Waals surface area contributed by atoms with E-state index >= 15 is 0 Å². The summed E-state index contributed by atoms with van der Waals surface area (Å²) in [5.74, 6) is 0. The summed E-state index contributed by atoms with van der Waals surface area (Å²) in [6.45, 7) is 3.39. The molecule has 0 unspecified atom stereocenters. The van der Waals surface area contributed by atoms with Gasteiger partial charge in [0, 0.05) is 6.61 Å². The third kappa shape index (κ3) is 13.9. The van der Waals surface area contributed by atoms with Crippen LogP contribution in [0.1, 0.15) is 58.3 Å². The van der Waals surface area contributed by atoms with Gasteiger partial charge in [-0.15, -0.1) is 0 Å². The van der Waals surface area contributed by atoms with Crippen molar-refractivity contribution >= 4 is 0 Å². The molecular weight excluding hydrogens is 195 g/mol. The highest BCUT2D eigenvalue weighted by Crippen LogP contribution is 2.08. The molecule has 0 fully saturated rings. The molecule has 92 valence electrons. The van der Waals surface area contributed by atoms with Gasteiger partial charge >= 0.3 is 0 Å². The maximum absolute atomic E-state index is 11.2. The molecule has 0 saturated heterocycles. The zero-order valence-corrected chi connectivity index (χ0v) is 9.97. The zero-order valence-electron chi connectivity index (χ0n) is 9.97. The van der Waals surface area contributed by atoms with Crippen LogP contribution in [-0.4, -0.2) is 19.8 Å². The largest absolute Gasteiger partial charge is 0.379 e. The Morgan fingerprint density at radius 3 is 1.93 bits per heavy atom. The molecule has 0 aliphatic heterocycles. The molecule has 0 aliphatic carbocycles. The molecule has 0 amide bonds. The number of unbranched alkanes of at least 4 members (excludes halogenated alkanes) is 7. The van der Waals surface area contributed by atoms with Crippen LogP contribution in [0.2, 0.25) is 0 Å². The van der Waals surface area contributed by atoms with E-state index in [1.54, 1.807) is 0 Å². The first kappa shape index (κ1) is 14.8. The minimum atomic E-state index is 0.0526. The standard InChI is InChI=1S/C12H25FO2/c1-2-3-4-5-6-7-8-9-10-14-11-12-15-13/h2-12H2,1H3. The Labute approximate surface area is 93.0 Å². The summed E-state index contributed by atoms with van der Waals surface area (Å²) in [5, 5.41) is 0. The smallest absolute Gasteiger partial charge is 0.111 e. The molecule has 0 heterocycles. The van der Waals surface area contributed by atoms with Crippen molar-refractivity contribution in [3.63, 3.8) is 0 Å². The Morgan fingerprint density at radius 2 is 1.33 bits per heavy atom. The van der Waals surface area contributed by atoms with Gasteiger partial charge in [-0.3, -0.25) is 0 Å². The lowest BCUT2D eigenvalue weighted by molar-refractivity contribution is -0.146. The lowest BCUT2D eigenvalue weighted by atomic mass is 10.1. The van der Waals surface area contributed by atoms with Gasteiger partial charge in [0.1, 0.15) is 6.61 Å². The third-order valence-electron chi connectivity index (χ3n) is 2.45. The Kier molecular flexibility index (Phi) is 13.7. The van der Waals surface area contributed by atoms with Crippen LogP contribution < -0.4 is 0 Å². The van der Waals surface area contributed by atoms with Crippen molar-refractivity contribution in [2.24, 2.45) is 0 Å². The van der Waals surface area contributed by atoms with Gasteiger partial charge in [0.05, 0.1) is 6.61 Å². The molecule has 0 aromatic carbocycles. The van der Waals surface area contributed by atoms with E-state index in [4.69, 9.17) is 4.74 Å². The van der Waals surface area contributed by atoms with Crippen molar-refractivity contribution in [1.29, 1.82) is 0 Å². The Bertz CT molecular complexity index is 97.8. The van der Waals surface area contributed by atoms with Crippen molar-refractivity contribution in [2.75, 3.05) is 19.8 Å². The molecule has 0 N–H and O–H groups in total. The highest BCUT2D eigenvalue weighted by molar-refractivity contribution is 4.45. The van der Waals surface area contributed by atoms with Crippen molar-refractivity contribution in [2.45, 2.75) is 58.3 Å². The third-order valence-corrected chi connectivity index (χ3v) is 2.45. The van der Waals surface area contributed by atoms with Crippen molar-refractivity contribution in [3.05, 3.63) is 0 Å². The average Bonchev–Trinajstić information content (AvgIpc) is 2.26. The zero-order chi connectivity index (χ0) is 11.2. The highest BCUT2D eigenvalue weighted by atomic mass is 19.3. The first-order valence-electron chi connectivity index (χ1n) is 6.23. The lowest BCUT2D eigenvalue weighted by Crippen LogP contribution is -2.01. The molecule has 0 aromatic rings. The van der Waals surface area contributed by atoms with Crippen LogP contribution in [0.3, 0.4) is 0 Å². The van der Waals surface area contributed by atoms with Gasteiger partial charge in [0.25, 0.3) is 0 Å². The lowest BCUT2D eigenvalue weighted by Gasteiger charge is -2.02. The average molecular weight is 220 g/mol. The van der Waals surface area contributed by atoms with E-state index in [1.165, 1.54) is 44.9 Å². The van der Waals surface area contributed by atoms with E-state index in [0.29, 0.717) is 6.61 Å². The van der Waals surface area contributed by atoms with Crippen LogP contribution in [-0.2, 0) is 9.68 Å². The second kappa shape index (κ2) is 13.8. The number of hydrogen-bond donors (Lipinski definition) is 0. The van der Waals surface area contributed by atoms with Gasteiger partial charge in [0.15, 0.2) is 0 Å². The minimum absolute atomic E-state index is 0.0526. The molecule has 0 aliphatic rings. The molecule has 0 saturated carbocycles. The summed E-state index contributed by atoms with van der Waals surface area (Å²) in [4.78, 5) is 3.40. The summed E-state index contributed by atoms with van der Waals surface area (Å²) in [6.07, 6.45) is 10.4. The molecular formula is C12H25FO2. The number of halogens is 1. The van der Waals surface area contributed by atoms with Gasteiger partial charge < -0.3 is 4.74 Å². The summed E-state index contributed by atoms with van der Waals surface area (Å²) < 4.78 is 16.3. The topological polar surface area (TPSA) is 18.5 Å². The normalized spacial score (nSPS) is 10.8. The Balaban J connectivity index is 2.81. The second-order valence-corrected chi connectivity index (χ2v) is 3.90. The van der Waals surface area contributed by atoms with Gasteiger partial charge in [0.2, 0.25) is 0 Å². The minimum Gasteiger partial charge on any atom is -0.379 e. The van der Waals surface area contributed by atoms with Crippen molar-refractivity contribution in [3.8, 4) is 0 Å². The maximum Gasteiger partial charge on any atom is 0.111 e. The number of hydrogen-bond acceptors (Lipinski definition) is 2. The monoisotopic (exact) mass is 220 g/mol. The van der Waals surface area contributed by atoms with E-state index in [2.05, 4.69) is 11.9 Å². The first-order valence-corrected chi connectivity index (χ1v) is 6.23. The van der Waals surface area contributed by atoms with Crippen LogP contribution in [0.15, 0.2) is 0 Å². The van der Waals surface area contributed by atoms with Crippen LogP contribution >= 0.6 is 0 Å². The summed E-state index contributed by atoms with van der Waals surface area (Å²) in [6, 6.07) is 0. The highest BCUT2D eigenvalue weighted by Gasteiger charge is 1.92. The summed E-state index contributed by atoms with van der Waals surface area (Å²) in [5.41, 5.74) is 0. The fourth-order valence-electron chi connectivity index (χ4n) is 1.53. The second-order valence-electron chi connectivity index (χ2n) is 3.90. The molecule has 15 heavy (non-hydrogen) atoms. The quantitative estimate of drug-likeness (QED) is 0.462. The maximum atomic E-state index is 11.2. The predicted octanol–water partition coefficient (Wildman–Crippen LogP) is 4.04. The van der Waals surface area contributed by atoms with E-state index < -0.39 is 0 Å². The molecule has 0 spiro atoms. The van der Waals surface area contributed by atoms with E-state index in [1.807, 2.05) is 0 Å². The fourth-order valence-corrected chi connectivity index (χ4v) is 1.53. The van der Waals surface area contributed by atoms with Crippen molar-refractivity contribution in [1.82, 2.24) is 0 Å². The van der Waals surface area contributed by atoms with Crippen LogP contribution in [0.25, 0.3) is 0 Å². The van der Waals surface area contributed by atoms with Gasteiger partial charge in [-0.1, -0.05) is 51.9 Å². The van der Waals surface area contributed by atoms with Crippen LogP contribution in [0.5, 0.6) is 0 Å². The Hall–Kier alpha value is -0.150. The van der Waals surface area contributed by atoms with Crippen molar-refractivity contribution < 1.29 is 14.2 Å². The van der Waals surface area contributed by atoms with Crippen LogP contribution in [0.4, 0.5) is 4.53 Å². The molecule has 0 bridgehead atoms. The van der Waals surface area contributed by atoms with E-state index in [9.17, 15) is 4.53 Å². The number of ether oxygens (including phenoxy) is 1. The van der Waals surface area contributed by atoms with Gasteiger partial charge in [-0.2, -0.15) is 4.94 Å². The molecule has 0 atom stereocenters.